The van der Waals surface area contributed by atoms with Crippen LogP contribution >= 0.6 is 11.3 Å². The zero-order chi connectivity index (χ0) is 43.0. The number of benzene rings is 3. The summed E-state index contributed by atoms with van der Waals surface area (Å²) in [5, 5.41) is 0. The van der Waals surface area contributed by atoms with Crippen molar-refractivity contribution in [1.29, 1.82) is 0 Å². The molecule has 10 nitrogen and oxygen atoms in total. The van der Waals surface area contributed by atoms with Crippen molar-refractivity contribution in [3.63, 3.8) is 0 Å². The second-order valence-electron chi connectivity index (χ2n) is 17.5. The Kier molecular flexibility index (Phi) is 14.4. The van der Waals surface area contributed by atoms with E-state index in [9.17, 15) is 14.0 Å². The van der Waals surface area contributed by atoms with Crippen molar-refractivity contribution in [3.05, 3.63) is 117 Å². The fourth-order valence-corrected chi connectivity index (χ4v) is 8.46. The lowest BCUT2D eigenvalue weighted by atomic mass is 9.94. The van der Waals surface area contributed by atoms with Crippen LogP contribution in [0.5, 0.6) is 5.75 Å². The van der Waals surface area contributed by atoms with Crippen molar-refractivity contribution >= 4 is 47.3 Å². The summed E-state index contributed by atoms with van der Waals surface area (Å²) in [6.07, 6.45) is 1.66. The average molecular weight is 850 g/mol. The Labute approximate surface area is 358 Å². The lowest BCUT2D eigenvalue weighted by molar-refractivity contribution is 0.00613. The number of rotatable bonds is 14. The molecule has 0 saturated carbocycles. The van der Waals surface area contributed by atoms with E-state index in [1.54, 1.807) is 12.1 Å². The summed E-state index contributed by atoms with van der Waals surface area (Å²) in [4.78, 5) is 41.9. The maximum Gasteiger partial charge on any atom is 0.357 e. The highest BCUT2D eigenvalue weighted by atomic mass is 32.1. The van der Waals surface area contributed by atoms with Crippen LogP contribution in [0.1, 0.15) is 70.3 Å². The molecule has 2 aromatic heterocycles. The third kappa shape index (κ3) is 12.0. The average Bonchev–Trinajstić information content (AvgIpc) is 3.53. The van der Waals surface area contributed by atoms with Crippen LogP contribution in [0.15, 0.2) is 77.8 Å². The third-order valence-corrected chi connectivity index (χ3v) is 12.6. The first-order valence-electron chi connectivity index (χ1n) is 20.4. The van der Waals surface area contributed by atoms with Gasteiger partial charge in [0, 0.05) is 38.9 Å². The normalized spacial score (nSPS) is 13.3. The van der Waals surface area contributed by atoms with E-state index in [1.165, 1.54) is 17.4 Å². The molecule has 0 aliphatic carbocycles. The van der Waals surface area contributed by atoms with Gasteiger partial charge in [0.1, 0.15) is 18.1 Å². The summed E-state index contributed by atoms with van der Waals surface area (Å²) < 4.78 is 35.6. The summed E-state index contributed by atoms with van der Waals surface area (Å²) in [7, 11) is 2.58. The first-order valence-corrected chi connectivity index (χ1v) is 25.0. The van der Waals surface area contributed by atoms with E-state index in [0.717, 1.165) is 27.4 Å². The number of nitrogens with zero attached hydrogens (tertiary/aromatic N) is 5. The summed E-state index contributed by atoms with van der Waals surface area (Å²) >= 11 is 1.47. The molecule has 0 radical (unpaired) electrons. The monoisotopic (exact) mass is 849 g/mol. The van der Waals surface area contributed by atoms with Crippen LogP contribution in [0.3, 0.4) is 0 Å². The number of amides is 1. The zero-order valence-corrected chi connectivity index (χ0v) is 37.9. The molecule has 0 saturated heterocycles. The standard InChI is InChI=1S/C47H56FN5O5SSi/c1-47(2,3)58-45(55)43-35(16-13-27-57-40-22-20-33(30-38(40)48)14-12-25-51(4)5)21-23-42(49-43)52-26-24-34-15-11-17-36(37(34)31-52)44(54)50-46-53(32-56-28-29-60(6,7)8)39-18-9-10-19-41(39)59-46/h9-11,15,17-23,30H,13,16,24-29,31-32H2,1-8H3/b50-46-. The number of aromatic nitrogens is 2. The number of hydrogen-bond donors (Lipinski definition) is 0. The Bertz CT molecular complexity index is 2470. The minimum atomic E-state index is -1.27. The van der Waals surface area contributed by atoms with Gasteiger partial charge in [0.2, 0.25) is 0 Å². The van der Waals surface area contributed by atoms with Gasteiger partial charge in [-0.05, 0) is 119 Å². The molecule has 13 heteroatoms. The predicted molar refractivity (Wildman–Crippen MR) is 240 cm³/mol. The number of pyridine rings is 1. The van der Waals surface area contributed by atoms with Crippen LogP contribution in [0, 0.1) is 17.7 Å². The van der Waals surface area contributed by atoms with Crippen LogP contribution in [0.4, 0.5) is 10.2 Å². The number of thiazole rings is 1. The van der Waals surface area contributed by atoms with E-state index in [2.05, 4.69) is 42.4 Å². The molecule has 0 N–H and O–H groups in total. The van der Waals surface area contributed by atoms with E-state index >= 15 is 0 Å². The molecule has 3 heterocycles. The van der Waals surface area contributed by atoms with Gasteiger partial charge in [-0.1, -0.05) is 73.2 Å². The SMILES string of the molecule is CN(C)CC#Cc1ccc(OCCCc2ccc(N3CCc4cccc(C(=O)/N=c5\sc6ccccc6n5COCC[Si](C)(C)C)c4C3)nc2C(=O)OC(C)(C)C)c(F)c1. The van der Waals surface area contributed by atoms with Crippen LogP contribution in [0.25, 0.3) is 10.2 Å². The molecular weight excluding hydrogens is 794 g/mol. The first kappa shape index (κ1) is 44.4. The predicted octanol–water partition coefficient (Wildman–Crippen LogP) is 8.73. The van der Waals surface area contributed by atoms with Crippen molar-refractivity contribution in [2.45, 2.75) is 84.6 Å². The van der Waals surface area contributed by atoms with Crippen molar-refractivity contribution in [1.82, 2.24) is 14.5 Å². The fraction of sp³-hybridized carbons (Fsp3) is 0.404. The van der Waals surface area contributed by atoms with Crippen LogP contribution in [-0.4, -0.2) is 80.4 Å². The molecule has 1 aliphatic heterocycles. The summed E-state index contributed by atoms with van der Waals surface area (Å²) in [6, 6.07) is 23.4. The van der Waals surface area contributed by atoms with Gasteiger partial charge in [0.15, 0.2) is 22.1 Å². The van der Waals surface area contributed by atoms with E-state index in [0.29, 0.717) is 79.5 Å². The molecule has 0 unspecified atom stereocenters. The third-order valence-electron chi connectivity index (χ3n) is 9.79. The Morgan fingerprint density at radius 1 is 1.02 bits per heavy atom. The van der Waals surface area contributed by atoms with E-state index in [4.69, 9.17) is 24.2 Å². The summed E-state index contributed by atoms with van der Waals surface area (Å²) in [5.41, 5.74) is 4.26. The Morgan fingerprint density at radius 2 is 1.82 bits per heavy atom. The molecule has 60 heavy (non-hydrogen) atoms. The maximum absolute atomic E-state index is 14.8. The Balaban J connectivity index is 1.20. The van der Waals surface area contributed by atoms with E-state index in [-0.39, 0.29) is 24.0 Å². The molecule has 1 amide bonds. The number of para-hydroxylation sites is 1. The number of ether oxygens (including phenoxy) is 3. The minimum Gasteiger partial charge on any atom is -0.491 e. The van der Waals surface area contributed by atoms with Gasteiger partial charge in [-0.2, -0.15) is 4.99 Å². The smallest absolute Gasteiger partial charge is 0.357 e. The van der Waals surface area contributed by atoms with Crippen molar-refractivity contribution in [2.24, 2.45) is 4.99 Å². The molecule has 3 aromatic carbocycles. The quantitative estimate of drug-likeness (QED) is 0.0474. The van der Waals surface area contributed by atoms with Gasteiger partial charge in [0.25, 0.3) is 5.91 Å². The highest BCUT2D eigenvalue weighted by molar-refractivity contribution is 7.16. The highest BCUT2D eigenvalue weighted by Gasteiger charge is 2.27. The maximum atomic E-state index is 14.8. The van der Waals surface area contributed by atoms with Crippen molar-refractivity contribution in [2.75, 3.05) is 45.3 Å². The molecule has 0 spiro atoms. The molecular formula is C47H56FN5O5SSi. The van der Waals surface area contributed by atoms with Gasteiger partial charge < -0.3 is 19.1 Å². The lowest BCUT2D eigenvalue weighted by Crippen LogP contribution is -2.33. The zero-order valence-electron chi connectivity index (χ0n) is 36.1. The van der Waals surface area contributed by atoms with Crippen LogP contribution < -0.4 is 14.4 Å². The fourth-order valence-electron chi connectivity index (χ4n) is 6.69. The Hall–Kier alpha value is -5.13. The van der Waals surface area contributed by atoms with Gasteiger partial charge in [-0.25, -0.2) is 14.2 Å². The summed E-state index contributed by atoms with van der Waals surface area (Å²) in [5.74, 6) is 5.41. The number of halogens is 1. The molecule has 0 fully saturated rings. The van der Waals surface area contributed by atoms with Gasteiger partial charge in [-0.15, -0.1) is 0 Å². The minimum absolute atomic E-state index is 0.148. The number of anilines is 1. The van der Waals surface area contributed by atoms with Crippen LogP contribution in [0.2, 0.25) is 25.7 Å². The number of carbonyl (C=O) groups excluding carboxylic acids is 2. The van der Waals surface area contributed by atoms with Crippen molar-refractivity contribution < 1.29 is 28.2 Å². The largest absolute Gasteiger partial charge is 0.491 e. The molecule has 316 valence electrons. The topological polar surface area (TPSA) is 98.5 Å². The summed E-state index contributed by atoms with van der Waals surface area (Å²) in [6.45, 7) is 15.3. The molecule has 1 aliphatic rings. The number of fused-ring (bicyclic) bond motifs is 2. The first-order chi connectivity index (χ1) is 28.5. The molecule has 0 atom stereocenters. The second kappa shape index (κ2) is 19.5. The van der Waals surface area contributed by atoms with Crippen molar-refractivity contribution in [3.8, 4) is 17.6 Å². The van der Waals surface area contributed by atoms with Gasteiger partial charge >= 0.3 is 5.97 Å². The number of aryl methyl sites for hydroxylation is 1. The lowest BCUT2D eigenvalue weighted by Gasteiger charge is -2.31. The molecule has 0 bridgehead atoms. The second-order valence-corrected chi connectivity index (χ2v) is 24.1. The van der Waals surface area contributed by atoms with Crippen LogP contribution in [-0.2, 0) is 35.6 Å². The number of hydrogen-bond acceptors (Lipinski definition) is 9. The van der Waals surface area contributed by atoms with E-state index in [1.807, 2.05) is 92.9 Å². The van der Waals surface area contributed by atoms with Gasteiger partial charge in [0.05, 0.1) is 23.4 Å². The number of esters is 1. The molecule has 6 rings (SSSR count). The van der Waals surface area contributed by atoms with Gasteiger partial charge in [-0.3, -0.25) is 14.3 Å². The Morgan fingerprint density at radius 3 is 2.57 bits per heavy atom. The van der Waals surface area contributed by atoms with E-state index < -0.39 is 25.5 Å². The number of carbonyl (C=O) groups is 2. The highest BCUT2D eigenvalue weighted by Crippen LogP contribution is 2.29. The molecule has 5 aromatic rings.